The van der Waals surface area contributed by atoms with E-state index in [1.807, 2.05) is 0 Å². The predicted molar refractivity (Wildman–Crippen MR) is 126 cm³/mol. The van der Waals surface area contributed by atoms with E-state index in [0.717, 1.165) is 5.56 Å². The minimum absolute atomic E-state index is 0.000378. The smallest absolute Gasteiger partial charge is 0.416 e. The minimum Gasteiger partial charge on any atom is -0.497 e. The number of halogens is 6. The molecule has 4 rings (SSSR count). The van der Waals surface area contributed by atoms with Crippen molar-refractivity contribution in [1.29, 1.82) is 0 Å². The van der Waals surface area contributed by atoms with Crippen LogP contribution in [-0.2, 0) is 18.8 Å². The van der Waals surface area contributed by atoms with Gasteiger partial charge in [0.15, 0.2) is 11.5 Å². The topological polar surface area (TPSA) is 48.0 Å². The molecule has 0 aliphatic carbocycles. The summed E-state index contributed by atoms with van der Waals surface area (Å²) in [4.78, 5) is 14.9. The van der Waals surface area contributed by atoms with Crippen LogP contribution in [0.3, 0.4) is 0 Å². The summed E-state index contributed by atoms with van der Waals surface area (Å²) in [5.41, 5.74) is -1.84. The third-order valence-electron chi connectivity index (χ3n) is 6.40. The number of nitrogens with zero attached hydrogens (tertiary/aromatic N) is 1. The molecule has 1 atom stereocenters. The van der Waals surface area contributed by atoms with Gasteiger partial charge in [0.05, 0.1) is 38.5 Å². The largest absolute Gasteiger partial charge is 0.497 e. The summed E-state index contributed by atoms with van der Waals surface area (Å²) >= 11 is 0. The number of rotatable bonds is 5. The second kappa shape index (κ2) is 10.1. The van der Waals surface area contributed by atoms with Crippen LogP contribution in [0.5, 0.6) is 17.2 Å². The van der Waals surface area contributed by atoms with Crippen molar-refractivity contribution in [1.82, 2.24) is 4.90 Å². The second-order valence-corrected chi connectivity index (χ2v) is 8.62. The molecule has 38 heavy (non-hydrogen) atoms. The van der Waals surface area contributed by atoms with E-state index in [2.05, 4.69) is 0 Å². The van der Waals surface area contributed by atoms with Crippen LogP contribution in [0.2, 0.25) is 0 Å². The summed E-state index contributed by atoms with van der Waals surface area (Å²) in [6, 6.07) is 10.2. The number of methoxy groups -OCH3 is 3. The van der Waals surface area contributed by atoms with E-state index >= 15 is 0 Å². The van der Waals surface area contributed by atoms with E-state index in [-0.39, 0.29) is 12.6 Å². The number of hydrogen-bond donors (Lipinski definition) is 0. The van der Waals surface area contributed by atoms with E-state index < -0.39 is 41.0 Å². The van der Waals surface area contributed by atoms with Crippen molar-refractivity contribution in [2.45, 2.75) is 24.8 Å². The summed E-state index contributed by atoms with van der Waals surface area (Å²) in [5.74, 6) is 0.371. The van der Waals surface area contributed by atoms with Crippen molar-refractivity contribution in [3.8, 4) is 17.2 Å². The minimum atomic E-state index is -5.08. The van der Waals surface area contributed by atoms with Crippen LogP contribution in [0.1, 0.15) is 44.2 Å². The standard InChI is InChI=1S/C27H23F6NO4/c1-36-20-6-4-15(5-7-20)24-21-14-23(38-3)22(37-2)12-16(21)8-9-34(24)25(35)17-10-18(26(28,29)30)13-19(11-17)27(31,32)33/h4-7,10-14,24H,8-9H2,1-3H3. The first-order valence-electron chi connectivity index (χ1n) is 11.4. The van der Waals surface area contributed by atoms with Crippen LogP contribution in [0, 0.1) is 0 Å². The van der Waals surface area contributed by atoms with Crippen LogP contribution in [0.25, 0.3) is 0 Å². The number of carbonyl (C=O) groups is 1. The molecule has 5 nitrogen and oxygen atoms in total. The van der Waals surface area contributed by atoms with Crippen molar-refractivity contribution >= 4 is 5.91 Å². The highest BCUT2D eigenvalue weighted by atomic mass is 19.4. The highest BCUT2D eigenvalue weighted by molar-refractivity contribution is 5.95. The molecule has 1 aliphatic heterocycles. The van der Waals surface area contributed by atoms with Gasteiger partial charge >= 0.3 is 12.4 Å². The van der Waals surface area contributed by atoms with Gasteiger partial charge in [0.1, 0.15) is 5.75 Å². The Bertz CT molecular complexity index is 1300. The maximum absolute atomic E-state index is 13.7. The Labute approximate surface area is 214 Å². The third-order valence-corrected chi connectivity index (χ3v) is 6.40. The van der Waals surface area contributed by atoms with Gasteiger partial charge in [-0.1, -0.05) is 12.1 Å². The van der Waals surface area contributed by atoms with Gasteiger partial charge in [-0.05, 0) is 65.6 Å². The highest BCUT2D eigenvalue weighted by Crippen LogP contribution is 2.43. The van der Waals surface area contributed by atoms with Crippen molar-refractivity contribution in [2.24, 2.45) is 0 Å². The van der Waals surface area contributed by atoms with Crippen molar-refractivity contribution in [3.63, 3.8) is 0 Å². The Morgan fingerprint density at radius 3 is 1.84 bits per heavy atom. The van der Waals surface area contributed by atoms with Crippen molar-refractivity contribution < 1.29 is 45.3 Å². The fourth-order valence-electron chi connectivity index (χ4n) is 4.55. The molecule has 3 aromatic rings. The first-order chi connectivity index (χ1) is 17.9. The van der Waals surface area contributed by atoms with Gasteiger partial charge < -0.3 is 19.1 Å². The number of fused-ring (bicyclic) bond motifs is 1. The van der Waals surface area contributed by atoms with E-state index in [9.17, 15) is 31.1 Å². The van der Waals surface area contributed by atoms with Gasteiger partial charge in [-0.15, -0.1) is 0 Å². The second-order valence-electron chi connectivity index (χ2n) is 8.62. The Morgan fingerprint density at radius 1 is 0.789 bits per heavy atom. The molecule has 202 valence electrons. The number of alkyl halides is 6. The molecule has 1 unspecified atom stereocenters. The first kappa shape index (κ1) is 27.2. The fourth-order valence-corrected chi connectivity index (χ4v) is 4.55. The molecule has 1 aliphatic rings. The zero-order valence-electron chi connectivity index (χ0n) is 20.5. The van der Waals surface area contributed by atoms with Crippen LogP contribution in [0.4, 0.5) is 26.3 Å². The molecule has 3 aromatic carbocycles. The van der Waals surface area contributed by atoms with Gasteiger partial charge in [-0.25, -0.2) is 0 Å². The predicted octanol–water partition coefficient (Wildman–Crippen LogP) is 6.54. The molecule has 1 amide bonds. The van der Waals surface area contributed by atoms with E-state index in [4.69, 9.17) is 14.2 Å². The van der Waals surface area contributed by atoms with E-state index in [1.165, 1.54) is 26.2 Å². The zero-order chi connectivity index (χ0) is 27.8. The molecule has 0 N–H and O–H groups in total. The normalized spacial score (nSPS) is 15.6. The lowest BCUT2D eigenvalue weighted by Gasteiger charge is -2.38. The summed E-state index contributed by atoms with van der Waals surface area (Å²) in [7, 11) is 4.37. The number of amides is 1. The van der Waals surface area contributed by atoms with E-state index in [1.54, 1.807) is 36.4 Å². The van der Waals surface area contributed by atoms with Crippen LogP contribution in [-0.4, -0.2) is 38.7 Å². The summed E-state index contributed by atoms with van der Waals surface area (Å²) in [6.45, 7) is 0.0373. The monoisotopic (exact) mass is 539 g/mol. The maximum atomic E-state index is 13.7. The SMILES string of the molecule is COc1ccc(C2c3cc(OC)c(OC)cc3CCN2C(=O)c2cc(C(F)(F)F)cc(C(F)(F)F)c2)cc1. The van der Waals surface area contributed by atoms with Gasteiger partial charge in [-0.2, -0.15) is 26.3 Å². The lowest BCUT2D eigenvalue weighted by molar-refractivity contribution is -0.143. The Hall–Kier alpha value is -3.89. The number of ether oxygens (including phenoxy) is 3. The average Bonchev–Trinajstić information content (AvgIpc) is 2.90. The zero-order valence-corrected chi connectivity index (χ0v) is 20.5. The Morgan fingerprint density at radius 2 is 1.34 bits per heavy atom. The molecule has 1 heterocycles. The third kappa shape index (κ3) is 5.23. The molecular weight excluding hydrogens is 516 g/mol. The van der Waals surface area contributed by atoms with Gasteiger partial charge in [0.25, 0.3) is 5.91 Å². The Balaban J connectivity index is 1.88. The van der Waals surface area contributed by atoms with Crippen molar-refractivity contribution in [3.05, 3.63) is 88.0 Å². The lowest BCUT2D eigenvalue weighted by atomic mass is 9.87. The molecule has 0 spiro atoms. The molecule has 11 heteroatoms. The average molecular weight is 539 g/mol. The van der Waals surface area contributed by atoms with Gasteiger partial charge in [-0.3, -0.25) is 4.79 Å². The molecule has 0 bridgehead atoms. The first-order valence-corrected chi connectivity index (χ1v) is 11.4. The number of benzene rings is 3. The quantitative estimate of drug-likeness (QED) is 0.346. The molecule has 0 saturated carbocycles. The lowest BCUT2D eigenvalue weighted by Crippen LogP contribution is -2.41. The van der Waals surface area contributed by atoms with Crippen LogP contribution >= 0.6 is 0 Å². The molecule has 0 fully saturated rings. The Kier molecular flexibility index (Phi) is 7.22. The maximum Gasteiger partial charge on any atom is 0.416 e. The summed E-state index contributed by atoms with van der Waals surface area (Å²) in [5, 5.41) is 0. The molecule has 0 saturated heterocycles. The van der Waals surface area contributed by atoms with E-state index in [0.29, 0.717) is 46.9 Å². The highest BCUT2D eigenvalue weighted by Gasteiger charge is 2.39. The fraction of sp³-hybridized carbons (Fsp3) is 0.296. The van der Waals surface area contributed by atoms with Crippen LogP contribution in [0.15, 0.2) is 54.6 Å². The van der Waals surface area contributed by atoms with Crippen molar-refractivity contribution in [2.75, 3.05) is 27.9 Å². The van der Waals surface area contributed by atoms with Gasteiger partial charge in [0, 0.05) is 12.1 Å². The number of hydrogen-bond acceptors (Lipinski definition) is 4. The molecule has 0 aromatic heterocycles. The van der Waals surface area contributed by atoms with Gasteiger partial charge in [0.2, 0.25) is 0 Å². The molecule has 0 radical (unpaired) electrons. The summed E-state index contributed by atoms with van der Waals surface area (Å²) in [6.07, 6.45) is -9.87. The summed E-state index contributed by atoms with van der Waals surface area (Å²) < 4.78 is 96.8. The molecular formula is C27H23F6NO4. The number of carbonyl (C=O) groups excluding carboxylic acids is 1. The van der Waals surface area contributed by atoms with Crippen LogP contribution < -0.4 is 14.2 Å².